The molecule has 0 amide bonds. The number of rotatable bonds is 7. The molecule has 1 aliphatic rings. The van der Waals surface area contributed by atoms with Crippen LogP contribution in [0.25, 0.3) is 0 Å². The van der Waals surface area contributed by atoms with Crippen molar-refractivity contribution in [2.75, 3.05) is 38.6 Å². The Labute approximate surface area is 143 Å². The topological polar surface area (TPSA) is 60.6 Å². The van der Waals surface area contributed by atoms with Crippen molar-refractivity contribution >= 4 is 5.82 Å². The number of morpholine rings is 1. The van der Waals surface area contributed by atoms with E-state index in [1.54, 1.807) is 6.20 Å². The molecule has 0 bridgehead atoms. The number of benzene rings is 1. The summed E-state index contributed by atoms with van der Waals surface area (Å²) in [4.78, 5) is 6.44. The summed E-state index contributed by atoms with van der Waals surface area (Å²) in [5, 5.41) is 0. The van der Waals surface area contributed by atoms with Crippen LogP contribution in [0.3, 0.4) is 0 Å². The third-order valence-electron chi connectivity index (χ3n) is 4.24. The molecule has 2 aromatic rings. The fraction of sp³-hybridized carbons (Fsp3) is 0.421. The van der Waals surface area contributed by atoms with Crippen LogP contribution < -0.4 is 10.5 Å². The van der Waals surface area contributed by atoms with E-state index >= 15 is 0 Å². The highest BCUT2D eigenvalue weighted by molar-refractivity contribution is 5.31. The van der Waals surface area contributed by atoms with E-state index in [1.165, 1.54) is 5.56 Å². The molecule has 1 unspecified atom stereocenters. The minimum atomic E-state index is 0.268. The summed E-state index contributed by atoms with van der Waals surface area (Å²) in [6.45, 7) is 4.35. The molecule has 1 aromatic heterocycles. The average molecular weight is 327 g/mol. The SMILES string of the molecule is Nc1cc(CCC2CN(CCOc3ccccc3)CCO2)ccn1. The number of pyridine rings is 1. The molecule has 0 spiro atoms. The monoisotopic (exact) mass is 327 g/mol. The van der Waals surface area contributed by atoms with Crippen molar-refractivity contribution in [3.63, 3.8) is 0 Å². The fourth-order valence-electron chi connectivity index (χ4n) is 2.95. The number of nitrogens with two attached hydrogens (primary N) is 1. The van der Waals surface area contributed by atoms with Gasteiger partial charge in [-0.3, -0.25) is 4.90 Å². The summed E-state index contributed by atoms with van der Waals surface area (Å²) < 4.78 is 11.7. The lowest BCUT2D eigenvalue weighted by molar-refractivity contribution is -0.0345. The predicted octanol–water partition coefficient (Wildman–Crippen LogP) is 2.38. The Balaban J connectivity index is 1.39. The zero-order valence-corrected chi connectivity index (χ0v) is 13.9. The lowest BCUT2D eigenvalue weighted by atomic mass is 10.1. The molecule has 0 saturated carbocycles. The number of aryl methyl sites for hydroxylation is 1. The number of anilines is 1. The number of hydrogen-bond donors (Lipinski definition) is 1. The molecular formula is C19H25N3O2. The predicted molar refractivity (Wildman–Crippen MR) is 95.1 cm³/mol. The van der Waals surface area contributed by atoms with Gasteiger partial charge in [0.25, 0.3) is 0 Å². The number of ether oxygens (including phenoxy) is 2. The van der Waals surface area contributed by atoms with Crippen LogP contribution in [-0.4, -0.2) is 48.8 Å². The first-order chi connectivity index (χ1) is 11.8. The maximum atomic E-state index is 5.90. The highest BCUT2D eigenvalue weighted by atomic mass is 16.5. The van der Waals surface area contributed by atoms with Gasteiger partial charge in [0.2, 0.25) is 0 Å². The van der Waals surface area contributed by atoms with Crippen molar-refractivity contribution < 1.29 is 9.47 Å². The maximum absolute atomic E-state index is 5.90. The van der Waals surface area contributed by atoms with Crippen LogP contribution in [-0.2, 0) is 11.2 Å². The standard InChI is InChI=1S/C19H25N3O2/c20-19-14-16(8-9-21-19)6-7-18-15-22(11-13-24-18)10-12-23-17-4-2-1-3-5-17/h1-5,8-9,14,18H,6-7,10-13,15H2,(H2,20,21). The van der Waals surface area contributed by atoms with Gasteiger partial charge < -0.3 is 15.2 Å². The number of hydrogen-bond acceptors (Lipinski definition) is 5. The first-order valence-corrected chi connectivity index (χ1v) is 8.52. The lowest BCUT2D eigenvalue weighted by Crippen LogP contribution is -2.44. The minimum absolute atomic E-state index is 0.268. The summed E-state index contributed by atoms with van der Waals surface area (Å²) >= 11 is 0. The number of nitrogens with zero attached hydrogens (tertiary/aromatic N) is 2. The minimum Gasteiger partial charge on any atom is -0.492 e. The second kappa shape index (κ2) is 8.66. The Morgan fingerprint density at radius 2 is 2.12 bits per heavy atom. The van der Waals surface area contributed by atoms with E-state index in [2.05, 4.69) is 9.88 Å². The van der Waals surface area contributed by atoms with E-state index in [4.69, 9.17) is 15.2 Å². The Hall–Kier alpha value is -2.11. The molecule has 5 nitrogen and oxygen atoms in total. The number of para-hydroxylation sites is 1. The second-order valence-electron chi connectivity index (χ2n) is 6.08. The molecule has 5 heteroatoms. The van der Waals surface area contributed by atoms with E-state index in [-0.39, 0.29) is 6.10 Å². The van der Waals surface area contributed by atoms with Crippen molar-refractivity contribution in [1.29, 1.82) is 0 Å². The van der Waals surface area contributed by atoms with E-state index in [1.807, 2.05) is 42.5 Å². The van der Waals surface area contributed by atoms with Gasteiger partial charge in [-0.25, -0.2) is 4.98 Å². The quantitative estimate of drug-likeness (QED) is 0.846. The largest absolute Gasteiger partial charge is 0.492 e. The highest BCUT2D eigenvalue weighted by Gasteiger charge is 2.20. The molecule has 0 radical (unpaired) electrons. The van der Waals surface area contributed by atoms with E-state index in [0.717, 1.165) is 44.8 Å². The van der Waals surface area contributed by atoms with Crippen molar-refractivity contribution in [2.24, 2.45) is 0 Å². The maximum Gasteiger partial charge on any atom is 0.123 e. The van der Waals surface area contributed by atoms with Crippen LogP contribution >= 0.6 is 0 Å². The van der Waals surface area contributed by atoms with Gasteiger partial charge in [0, 0.05) is 25.8 Å². The van der Waals surface area contributed by atoms with E-state index in [9.17, 15) is 0 Å². The molecule has 0 aliphatic carbocycles. The van der Waals surface area contributed by atoms with Gasteiger partial charge in [-0.2, -0.15) is 0 Å². The van der Waals surface area contributed by atoms with Gasteiger partial charge in [0.15, 0.2) is 0 Å². The number of aromatic nitrogens is 1. The summed E-state index contributed by atoms with van der Waals surface area (Å²) in [6, 6.07) is 13.9. The van der Waals surface area contributed by atoms with Crippen molar-refractivity contribution in [3.05, 3.63) is 54.2 Å². The molecule has 1 fully saturated rings. The second-order valence-corrected chi connectivity index (χ2v) is 6.08. The molecule has 1 aromatic carbocycles. The van der Waals surface area contributed by atoms with Gasteiger partial charge in [-0.05, 0) is 42.7 Å². The van der Waals surface area contributed by atoms with Gasteiger partial charge in [0.1, 0.15) is 18.2 Å². The van der Waals surface area contributed by atoms with Crippen LogP contribution in [0.15, 0.2) is 48.7 Å². The molecule has 1 saturated heterocycles. The Morgan fingerprint density at radius 3 is 2.96 bits per heavy atom. The van der Waals surface area contributed by atoms with Gasteiger partial charge in [0.05, 0.1) is 12.7 Å². The van der Waals surface area contributed by atoms with Crippen LogP contribution in [0, 0.1) is 0 Å². The van der Waals surface area contributed by atoms with Gasteiger partial charge in [-0.1, -0.05) is 18.2 Å². The van der Waals surface area contributed by atoms with Crippen LogP contribution in [0.5, 0.6) is 5.75 Å². The molecule has 1 atom stereocenters. The van der Waals surface area contributed by atoms with Crippen LogP contribution in [0.4, 0.5) is 5.82 Å². The average Bonchev–Trinajstić information content (AvgIpc) is 2.61. The van der Waals surface area contributed by atoms with E-state index < -0.39 is 0 Å². The van der Waals surface area contributed by atoms with E-state index in [0.29, 0.717) is 12.4 Å². The smallest absolute Gasteiger partial charge is 0.123 e. The first kappa shape index (κ1) is 16.7. The summed E-state index contributed by atoms with van der Waals surface area (Å²) in [5.74, 6) is 1.51. The highest BCUT2D eigenvalue weighted by Crippen LogP contribution is 2.14. The van der Waals surface area contributed by atoms with Gasteiger partial charge in [-0.15, -0.1) is 0 Å². The summed E-state index contributed by atoms with van der Waals surface area (Å²) in [6.07, 6.45) is 4.00. The third kappa shape index (κ3) is 5.22. The Morgan fingerprint density at radius 1 is 1.25 bits per heavy atom. The van der Waals surface area contributed by atoms with Gasteiger partial charge >= 0.3 is 0 Å². The summed E-state index contributed by atoms with van der Waals surface area (Å²) in [7, 11) is 0. The van der Waals surface area contributed by atoms with Crippen LogP contribution in [0.2, 0.25) is 0 Å². The zero-order chi connectivity index (χ0) is 16.6. The fourth-order valence-corrected chi connectivity index (χ4v) is 2.95. The Kier molecular flexibility index (Phi) is 6.04. The normalized spacial score (nSPS) is 18.4. The zero-order valence-electron chi connectivity index (χ0n) is 13.9. The molecule has 2 heterocycles. The molecule has 24 heavy (non-hydrogen) atoms. The molecule has 2 N–H and O–H groups in total. The van der Waals surface area contributed by atoms with Crippen LogP contribution in [0.1, 0.15) is 12.0 Å². The summed E-state index contributed by atoms with van der Waals surface area (Å²) in [5.41, 5.74) is 6.95. The molecule has 128 valence electrons. The van der Waals surface area contributed by atoms with Crippen molar-refractivity contribution in [3.8, 4) is 5.75 Å². The number of nitrogen functional groups attached to an aromatic ring is 1. The third-order valence-corrected chi connectivity index (χ3v) is 4.24. The molecular weight excluding hydrogens is 302 g/mol. The molecule has 3 rings (SSSR count). The Bertz CT molecular complexity index is 621. The first-order valence-electron chi connectivity index (χ1n) is 8.52. The van der Waals surface area contributed by atoms with Crippen molar-refractivity contribution in [2.45, 2.75) is 18.9 Å². The van der Waals surface area contributed by atoms with Crippen molar-refractivity contribution in [1.82, 2.24) is 9.88 Å². The molecule has 1 aliphatic heterocycles. The lowest BCUT2D eigenvalue weighted by Gasteiger charge is -2.32.